The first kappa shape index (κ1) is 10.1. The van der Waals surface area contributed by atoms with Crippen molar-refractivity contribution in [1.82, 2.24) is 0 Å². The molecule has 0 aliphatic heterocycles. The van der Waals surface area contributed by atoms with Gasteiger partial charge in [0.15, 0.2) is 5.60 Å². The number of hydrogen-bond acceptors (Lipinski definition) is 3. The second kappa shape index (κ2) is 3.28. The molecule has 0 fully saturated rings. The minimum atomic E-state index is -1.31. The van der Waals surface area contributed by atoms with E-state index in [1.54, 1.807) is 38.1 Å². The summed E-state index contributed by atoms with van der Waals surface area (Å²) in [5.41, 5.74) is -0.366. The normalized spacial score (nSPS) is 18.0. The van der Waals surface area contributed by atoms with Crippen LogP contribution < -0.4 is 0 Å². The summed E-state index contributed by atoms with van der Waals surface area (Å²) in [5, 5.41) is 0. The van der Waals surface area contributed by atoms with Gasteiger partial charge in [-0.1, -0.05) is 24.3 Å². The fourth-order valence-electron chi connectivity index (χ4n) is 1.92. The van der Waals surface area contributed by atoms with Crippen molar-refractivity contribution in [3.05, 3.63) is 35.4 Å². The van der Waals surface area contributed by atoms with Gasteiger partial charge in [0, 0.05) is 17.7 Å². The maximum atomic E-state index is 12.0. The van der Waals surface area contributed by atoms with Crippen LogP contribution in [0.2, 0.25) is 0 Å². The molecule has 0 heterocycles. The summed E-state index contributed by atoms with van der Waals surface area (Å²) in [4.78, 5) is 23.9. The van der Waals surface area contributed by atoms with E-state index in [0.29, 0.717) is 17.7 Å². The first-order valence-electron chi connectivity index (χ1n) is 4.94. The largest absolute Gasteiger partial charge is 0.359 e. The Morgan fingerprint density at radius 2 is 1.60 bits per heavy atom. The summed E-state index contributed by atoms with van der Waals surface area (Å²) in [6.45, 7) is 3.66. The molecule has 1 aromatic carbocycles. The van der Waals surface area contributed by atoms with Crippen molar-refractivity contribution < 1.29 is 14.3 Å². The zero-order chi connectivity index (χ0) is 11.1. The molecule has 0 aromatic heterocycles. The van der Waals surface area contributed by atoms with Gasteiger partial charge in [-0.05, 0) is 13.8 Å². The molecule has 3 heteroatoms. The first-order valence-corrected chi connectivity index (χ1v) is 4.94. The summed E-state index contributed by atoms with van der Waals surface area (Å²) >= 11 is 0. The average Bonchev–Trinajstić information content (AvgIpc) is 2.43. The molecule has 1 aliphatic carbocycles. The van der Waals surface area contributed by atoms with Gasteiger partial charge in [-0.15, -0.1) is 0 Å². The van der Waals surface area contributed by atoms with Crippen molar-refractivity contribution >= 4 is 11.6 Å². The number of hydrogen-bond donors (Lipinski definition) is 0. The molecule has 0 amide bonds. The fourth-order valence-corrected chi connectivity index (χ4v) is 1.92. The molecule has 3 nitrogen and oxygen atoms in total. The molecule has 1 aromatic rings. The Balaban J connectivity index is 2.54. The Morgan fingerprint density at radius 1 is 1.13 bits per heavy atom. The van der Waals surface area contributed by atoms with Gasteiger partial charge in [0.05, 0.1) is 0 Å². The van der Waals surface area contributed by atoms with Crippen molar-refractivity contribution in [2.75, 3.05) is 6.61 Å². The van der Waals surface area contributed by atoms with Gasteiger partial charge >= 0.3 is 0 Å². The van der Waals surface area contributed by atoms with Gasteiger partial charge in [0.1, 0.15) is 0 Å². The maximum absolute atomic E-state index is 12.0. The van der Waals surface area contributed by atoms with Crippen LogP contribution in [0, 0.1) is 0 Å². The number of carbonyl (C=O) groups excluding carboxylic acids is 2. The third-order valence-corrected chi connectivity index (χ3v) is 2.72. The highest BCUT2D eigenvalue weighted by Crippen LogP contribution is 2.32. The van der Waals surface area contributed by atoms with Crippen LogP contribution in [0.3, 0.4) is 0 Å². The first-order chi connectivity index (χ1) is 7.11. The van der Waals surface area contributed by atoms with E-state index >= 15 is 0 Å². The second-order valence-electron chi connectivity index (χ2n) is 3.67. The minimum absolute atomic E-state index is 0.232. The average molecular weight is 204 g/mol. The summed E-state index contributed by atoms with van der Waals surface area (Å²) in [5.74, 6) is -0.463. The summed E-state index contributed by atoms with van der Waals surface area (Å²) < 4.78 is 5.30. The topological polar surface area (TPSA) is 43.4 Å². The molecule has 0 unspecified atom stereocenters. The Labute approximate surface area is 88.1 Å². The van der Waals surface area contributed by atoms with Crippen LogP contribution in [0.1, 0.15) is 34.6 Å². The molecule has 0 atom stereocenters. The van der Waals surface area contributed by atoms with Crippen LogP contribution in [-0.4, -0.2) is 23.8 Å². The molecular weight excluding hydrogens is 192 g/mol. The molecule has 0 saturated heterocycles. The third kappa shape index (κ3) is 1.23. The quantitative estimate of drug-likeness (QED) is 0.690. The van der Waals surface area contributed by atoms with E-state index < -0.39 is 5.60 Å². The Morgan fingerprint density at radius 3 is 2.00 bits per heavy atom. The molecule has 0 bridgehead atoms. The minimum Gasteiger partial charge on any atom is -0.359 e. The third-order valence-electron chi connectivity index (χ3n) is 2.72. The van der Waals surface area contributed by atoms with Crippen LogP contribution in [-0.2, 0) is 4.74 Å². The lowest BCUT2D eigenvalue weighted by Crippen LogP contribution is -2.40. The summed E-state index contributed by atoms with van der Waals surface area (Å²) in [6.07, 6.45) is 0. The molecule has 1 aliphatic rings. The smallest absolute Gasteiger partial charge is 0.203 e. The van der Waals surface area contributed by atoms with E-state index in [4.69, 9.17) is 4.74 Å². The molecular formula is C12H12O3. The fraction of sp³-hybridized carbons (Fsp3) is 0.333. The van der Waals surface area contributed by atoms with Crippen molar-refractivity contribution in [3.63, 3.8) is 0 Å². The number of carbonyl (C=O) groups is 2. The van der Waals surface area contributed by atoms with Crippen LogP contribution in [0.15, 0.2) is 24.3 Å². The number of ether oxygens (including phenoxy) is 1. The molecule has 2 rings (SSSR count). The summed E-state index contributed by atoms with van der Waals surface area (Å²) in [7, 11) is 0. The number of benzene rings is 1. The van der Waals surface area contributed by atoms with Gasteiger partial charge < -0.3 is 4.74 Å². The Bertz CT molecular complexity index is 399. The molecule has 15 heavy (non-hydrogen) atoms. The van der Waals surface area contributed by atoms with Gasteiger partial charge in [-0.2, -0.15) is 0 Å². The number of fused-ring (bicyclic) bond motifs is 1. The van der Waals surface area contributed by atoms with Crippen LogP contribution in [0.5, 0.6) is 0 Å². The maximum Gasteiger partial charge on any atom is 0.203 e. The van der Waals surface area contributed by atoms with Crippen molar-refractivity contribution in [2.24, 2.45) is 0 Å². The van der Waals surface area contributed by atoms with Crippen LogP contribution in [0.25, 0.3) is 0 Å². The highest BCUT2D eigenvalue weighted by molar-refractivity contribution is 6.31. The number of rotatable bonds is 2. The zero-order valence-electron chi connectivity index (χ0n) is 8.74. The molecule has 0 N–H and O–H groups in total. The highest BCUT2D eigenvalue weighted by atomic mass is 16.5. The van der Waals surface area contributed by atoms with Crippen LogP contribution in [0.4, 0.5) is 0 Å². The predicted molar refractivity (Wildman–Crippen MR) is 55.1 cm³/mol. The number of ketones is 2. The molecule has 0 radical (unpaired) electrons. The van der Waals surface area contributed by atoms with E-state index in [9.17, 15) is 9.59 Å². The number of Topliss-reactive ketones (excluding diaryl/α,β-unsaturated/α-hetero) is 2. The van der Waals surface area contributed by atoms with Crippen molar-refractivity contribution in [1.29, 1.82) is 0 Å². The predicted octanol–water partition coefficient (Wildman–Crippen LogP) is 1.86. The lowest BCUT2D eigenvalue weighted by atomic mass is 10.0. The van der Waals surface area contributed by atoms with Gasteiger partial charge in [-0.25, -0.2) is 0 Å². The van der Waals surface area contributed by atoms with E-state index in [1.807, 2.05) is 0 Å². The highest BCUT2D eigenvalue weighted by Gasteiger charge is 2.50. The van der Waals surface area contributed by atoms with E-state index in [1.165, 1.54) is 0 Å². The molecule has 0 saturated carbocycles. The zero-order valence-corrected chi connectivity index (χ0v) is 8.74. The monoisotopic (exact) mass is 204 g/mol. The lowest BCUT2D eigenvalue weighted by molar-refractivity contribution is 0.00302. The van der Waals surface area contributed by atoms with Gasteiger partial charge in [0.25, 0.3) is 0 Å². The van der Waals surface area contributed by atoms with Crippen molar-refractivity contribution in [3.8, 4) is 0 Å². The SMILES string of the molecule is CCOC1(C)C(=O)c2ccccc2C1=O. The van der Waals surface area contributed by atoms with E-state index in [2.05, 4.69) is 0 Å². The van der Waals surface area contributed by atoms with E-state index in [0.717, 1.165) is 0 Å². The van der Waals surface area contributed by atoms with Crippen LogP contribution >= 0.6 is 0 Å². The lowest BCUT2D eigenvalue weighted by Gasteiger charge is -2.19. The van der Waals surface area contributed by atoms with Gasteiger partial charge in [-0.3, -0.25) is 9.59 Å². The second-order valence-corrected chi connectivity index (χ2v) is 3.67. The van der Waals surface area contributed by atoms with E-state index in [-0.39, 0.29) is 11.6 Å². The molecule has 0 spiro atoms. The van der Waals surface area contributed by atoms with Crippen molar-refractivity contribution in [2.45, 2.75) is 19.4 Å². The Kier molecular flexibility index (Phi) is 2.20. The van der Waals surface area contributed by atoms with Gasteiger partial charge in [0.2, 0.25) is 11.6 Å². The Hall–Kier alpha value is -1.48. The summed E-state index contributed by atoms with van der Waals surface area (Å²) in [6, 6.07) is 6.84. The molecule has 78 valence electrons. The standard InChI is InChI=1S/C12H12O3/c1-3-15-12(2)10(13)8-6-4-5-7-9(8)11(12)14/h4-7H,3H2,1-2H3.